The van der Waals surface area contributed by atoms with Gasteiger partial charge in [-0.2, -0.15) is 0 Å². The summed E-state index contributed by atoms with van der Waals surface area (Å²) in [5, 5.41) is 0.656. The topological polar surface area (TPSA) is 16.1 Å². The molecular weight excluding hydrogens is 255 g/mol. The smallest absolute Gasteiger partial charge is 0.129 e. The number of hydrogen-bond acceptors (Lipinski definition) is 2. The molecule has 0 N–H and O–H groups in total. The molecule has 1 aliphatic rings. The van der Waals surface area contributed by atoms with Gasteiger partial charge in [-0.25, -0.2) is 4.98 Å². The van der Waals surface area contributed by atoms with Gasteiger partial charge in [0.25, 0.3) is 0 Å². The van der Waals surface area contributed by atoms with Gasteiger partial charge in [-0.05, 0) is 38.3 Å². The number of pyridine rings is 1. The highest BCUT2D eigenvalue weighted by Gasteiger charge is 2.30. The lowest BCUT2D eigenvalue weighted by Crippen LogP contribution is -2.34. The predicted octanol–water partition coefficient (Wildman–Crippen LogP) is 4.24. The maximum absolute atomic E-state index is 6.04. The second kappa shape index (κ2) is 5.45. The van der Waals surface area contributed by atoms with Gasteiger partial charge in [-0.3, -0.25) is 0 Å². The van der Waals surface area contributed by atoms with Crippen LogP contribution in [0.15, 0.2) is 12.1 Å². The van der Waals surface area contributed by atoms with Crippen molar-refractivity contribution in [2.24, 2.45) is 0 Å². The van der Waals surface area contributed by atoms with Crippen molar-refractivity contribution in [2.75, 3.05) is 4.90 Å². The largest absolute Gasteiger partial charge is 0.351 e. The molecule has 2 nitrogen and oxygen atoms in total. The third kappa shape index (κ3) is 2.53. The molecule has 0 saturated carbocycles. The number of alkyl halides is 1. The number of aromatic nitrogens is 1. The summed E-state index contributed by atoms with van der Waals surface area (Å²) in [6.45, 7) is 4.49. The molecule has 1 aromatic rings. The Morgan fingerprint density at radius 3 is 2.82 bits per heavy atom. The van der Waals surface area contributed by atoms with Crippen molar-refractivity contribution in [1.82, 2.24) is 4.98 Å². The van der Waals surface area contributed by atoms with Crippen LogP contribution in [0.2, 0.25) is 5.02 Å². The first-order valence-electron chi connectivity index (χ1n) is 6.17. The molecule has 4 heteroatoms. The zero-order chi connectivity index (χ0) is 12.4. The molecule has 94 valence electrons. The average Bonchev–Trinajstić information content (AvgIpc) is 2.71. The van der Waals surface area contributed by atoms with Crippen LogP contribution in [0.3, 0.4) is 0 Å². The third-order valence-corrected chi connectivity index (χ3v) is 4.15. The summed E-state index contributed by atoms with van der Waals surface area (Å²) >= 11 is 11.9. The molecule has 0 spiro atoms. The maximum Gasteiger partial charge on any atom is 0.129 e. The highest BCUT2D eigenvalue weighted by molar-refractivity contribution is 6.32. The van der Waals surface area contributed by atoms with E-state index >= 15 is 0 Å². The van der Waals surface area contributed by atoms with Gasteiger partial charge in [0, 0.05) is 12.1 Å². The van der Waals surface area contributed by atoms with Crippen LogP contribution >= 0.6 is 23.2 Å². The monoisotopic (exact) mass is 272 g/mol. The zero-order valence-electron chi connectivity index (χ0n) is 10.3. The molecule has 17 heavy (non-hydrogen) atoms. The highest BCUT2D eigenvalue weighted by Crippen LogP contribution is 2.32. The molecular formula is C13H18Cl2N2. The fraction of sp³-hybridized carbons (Fsp3) is 0.615. The molecule has 0 aromatic carbocycles. The van der Waals surface area contributed by atoms with Gasteiger partial charge in [0.2, 0.25) is 0 Å². The normalized spacial score (nSPS) is 24.4. The van der Waals surface area contributed by atoms with Crippen LogP contribution in [0.25, 0.3) is 0 Å². The van der Waals surface area contributed by atoms with Crippen molar-refractivity contribution in [2.45, 2.75) is 51.1 Å². The minimum Gasteiger partial charge on any atom is -0.351 e. The number of nitrogens with zero attached hydrogens (tertiary/aromatic N) is 2. The van der Waals surface area contributed by atoms with E-state index in [1.807, 2.05) is 12.1 Å². The molecule has 1 saturated heterocycles. The molecule has 1 fully saturated rings. The number of hydrogen-bond donors (Lipinski definition) is 0. The van der Waals surface area contributed by atoms with E-state index in [2.05, 4.69) is 23.7 Å². The highest BCUT2D eigenvalue weighted by atomic mass is 35.5. The van der Waals surface area contributed by atoms with Crippen molar-refractivity contribution in [3.8, 4) is 0 Å². The Labute approximate surface area is 113 Å². The van der Waals surface area contributed by atoms with Gasteiger partial charge >= 0.3 is 0 Å². The molecule has 0 radical (unpaired) electrons. The van der Waals surface area contributed by atoms with E-state index in [9.17, 15) is 0 Å². The molecule has 0 aliphatic carbocycles. The molecule has 1 aliphatic heterocycles. The van der Waals surface area contributed by atoms with Crippen LogP contribution in [-0.4, -0.2) is 17.1 Å². The molecule has 2 heterocycles. The van der Waals surface area contributed by atoms with Gasteiger partial charge in [0.05, 0.1) is 16.6 Å². The lowest BCUT2D eigenvalue weighted by Gasteiger charge is -2.29. The molecule has 1 aromatic heterocycles. The Morgan fingerprint density at radius 2 is 2.18 bits per heavy atom. The van der Waals surface area contributed by atoms with Crippen LogP contribution in [-0.2, 0) is 5.88 Å². The predicted molar refractivity (Wildman–Crippen MR) is 74.1 cm³/mol. The van der Waals surface area contributed by atoms with Crippen LogP contribution in [0.5, 0.6) is 0 Å². The molecule has 2 atom stereocenters. The first kappa shape index (κ1) is 13.0. The first-order valence-corrected chi connectivity index (χ1v) is 7.08. The minimum absolute atomic E-state index is 0.367. The van der Waals surface area contributed by atoms with Gasteiger partial charge in [0.15, 0.2) is 0 Å². The quantitative estimate of drug-likeness (QED) is 0.766. The number of rotatable bonds is 3. The van der Waals surface area contributed by atoms with Gasteiger partial charge < -0.3 is 4.90 Å². The summed E-state index contributed by atoms with van der Waals surface area (Å²) in [4.78, 5) is 6.99. The average molecular weight is 273 g/mol. The van der Waals surface area contributed by atoms with Crippen molar-refractivity contribution >= 4 is 29.0 Å². The Bertz CT molecular complexity index is 395. The lowest BCUT2D eigenvalue weighted by atomic mass is 10.1. The summed E-state index contributed by atoms with van der Waals surface area (Å²) in [7, 11) is 0. The van der Waals surface area contributed by atoms with Crippen molar-refractivity contribution in [1.29, 1.82) is 0 Å². The Hall–Kier alpha value is -0.470. The standard InChI is InChI=1S/C13H18Cl2N2/c1-3-10-5-4-9(2)17(10)13-7-6-11(15)12(8-14)16-13/h6-7,9-10H,3-5,8H2,1-2H3. The van der Waals surface area contributed by atoms with E-state index in [-0.39, 0.29) is 0 Å². The second-order valence-electron chi connectivity index (χ2n) is 4.63. The Kier molecular flexibility index (Phi) is 4.16. The summed E-state index contributed by atoms with van der Waals surface area (Å²) in [5.74, 6) is 1.38. The van der Waals surface area contributed by atoms with E-state index in [0.717, 1.165) is 17.9 Å². The minimum atomic E-state index is 0.367. The summed E-state index contributed by atoms with van der Waals surface area (Å²) in [5.41, 5.74) is 0.778. The van der Waals surface area contributed by atoms with Gasteiger partial charge in [0.1, 0.15) is 5.82 Å². The van der Waals surface area contributed by atoms with Crippen molar-refractivity contribution in [3.63, 3.8) is 0 Å². The first-order chi connectivity index (χ1) is 8.17. The molecule has 2 unspecified atom stereocenters. The summed E-state index contributed by atoms with van der Waals surface area (Å²) in [6, 6.07) is 5.06. The molecule has 0 amide bonds. The lowest BCUT2D eigenvalue weighted by molar-refractivity contribution is 0.620. The Morgan fingerprint density at radius 1 is 1.41 bits per heavy atom. The number of halogens is 2. The summed E-state index contributed by atoms with van der Waals surface area (Å²) in [6.07, 6.45) is 3.64. The SMILES string of the molecule is CCC1CCC(C)N1c1ccc(Cl)c(CCl)n1. The fourth-order valence-corrected chi connectivity index (χ4v) is 3.04. The van der Waals surface area contributed by atoms with Gasteiger partial charge in [-0.1, -0.05) is 18.5 Å². The van der Waals surface area contributed by atoms with E-state index in [4.69, 9.17) is 23.2 Å². The van der Waals surface area contributed by atoms with E-state index in [1.54, 1.807) is 0 Å². The van der Waals surface area contributed by atoms with Gasteiger partial charge in [-0.15, -0.1) is 11.6 Å². The van der Waals surface area contributed by atoms with E-state index in [0.29, 0.717) is 23.0 Å². The fourth-order valence-electron chi connectivity index (χ4n) is 2.60. The zero-order valence-corrected chi connectivity index (χ0v) is 11.8. The van der Waals surface area contributed by atoms with E-state index < -0.39 is 0 Å². The number of anilines is 1. The second-order valence-corrected chi connectivity index (χ2v) is 5.30. The van der Waals surface area contributed by atoms with E-state index in [1.165, 1.54) is 12.8 Å². The molecule has 2 rings (SSSR count). The maximum atomic E-state index is 6.04. The van der Waals surface area contributed by atoms with Crippen LogP contribution in [0.4, 0.5) is 5.82 Å². The van der Waals surface area contributed by atoms with Crippen molar-refractivity contribution in [3.05, 3.63) is 22.8 Å². The Balaban J connectivity index is 2.32. The van der Waals surface area contributed by atoms with Crippen LogP contribution < -0.4 is 4.90 Å². The van der Waals surface area contributed by atoms with Crippen molar-refractivity contribution < 1.29 is 0 Å². The molecule has 0 bridgehead atoms. The third-order valence-electron chi connectivity index (χ3n) is 3.55. The van der Waals surface area contributed by atoms with Crippen LogP contribution in [0.1, 0.15) is 38.8 Å². The summed E-state index contributed by atoms with van der Waals surface area (Å²) < 4.78 is 0. The van der Waals surface area contributed by atoms with Crippen LogP contribution in [0, 0.1) is 0 Å².